The zero-order valence-electron chi connectivity index (χ0n) is 11.6. The van der Waals surface area contributed by atoms with E-state index in [2.05, 4.69) is 15.0 Å². The first-order valence-corrected chi connectivity index (χ1v) is 8.37. The molecule has 0 radical (unpaired) electrons. The molecule has 0 aliphatic carbocycles. The van der Waals surface area contributed by atoms with Crippen LogP contribution in [0.4, 0.5) is 5.82 Å². The van der Waals surface area contributed by atoms with Crippen LogP contribution in [-0.4, -0.2) is 39.7 Å². The minimum Gasteiger partial charge on any atom is -0.381 e. The van der Waals surface area contributed by atoms with Crippen LogP contribution in [0.2, 0.25) is 0 Å². The van der Waals surface area contributed by atoms with Gasteiger partial charge in [0.15, 0.2) is 0 Å². The Balaban J connectivity index is 2.00. The van der Waals surface area contributed by atoms with Crippen LogP contribution in [0.15, 0.2) is 23.2 Å². The summed E-state index contributed by atoms with van der Waals surface area (Å²) < 4.78 is 32.4. The molecule has 6 nitrogen and oxygen atoms in total. The lowest BCUT2D eigenvalue weighted by Crippen LogP contribution is -2.32. The molecule has 0 saturated carbocycles. The molecule has 1 aliphatic heterocycles. The number of hydrogen-bond acceptors (Lipinski definition) is 5. The summed E-state index contributed by atoms with van der Waals surface area (Å²) in [5.41, 5.74) is 0. The van der Waals surface area contributed by atoms with E-state index in [1.165, 1.54) is 12.3 Å². The van der Waals surface area contributed by atoms with Crippen LogP contribution in [0.1, 0.15) is 19.8 Å². The number of nitrogens with zero attached hydrogens (tertiary/aromatic N) is 1. The molecule has 1 aliphatic rings. The molecule has 2 heterocycles. The molecule has 0 unspecified atom stereocenters. The van der Waals surface area contributed by atoms with Crippen molar-refractivity contribution in [3.05, 3.63) is 18.3 Å². The number of nitrogens with one attached hydrogen (secondary N) is 2. The first-order chi connectivity index (χ1) is 9.62. The Hall–Kier alpha value is -1.18. The molecule has 0 amide bonds. The first-order valence-electron chi connectivity index (χ1n) is 6.89. The second kappa shape index (κ2) is 7.01. The van der Waals surface area contributed by atoms with E-state index in [1.54, 1.807) is 6.07 Å². The molecular weight excluding hydrogens is 278 g/mol. The molecule has 0 spiro atoms. The van der Waals surface area contributed by atoms with Crippen molar-refractivity contribution in [2.75, 3.05) is 31.6 Å². The lowest BCUT2D eigenvalue weighted by atomic mass is 10.0. The van der Waals surface area contributed by atoms with Crippen molar-refractivity contribution in [3.8, 4) is 0 Å². The highest BCUT2D eigenvalue weighted by atomic mass is 32.2. The predicted molar refractivity (Wildman–Crippen MR) is 77.1 cm³/mol. The van der Waals surface area contributed by atoms with E-state index in [0.717, 1.165) is 12.8 Å². The zero-order chi connectivity index (χ0) is 14.4. The van der Waals surface area contributed by atoms with Gasteiger partial charge in [-0.25, -0.2) is 18.1 Å². The quantitative estimate of drug-likeness (QED) is 0.825. The van der Waals surface area contributed by atoms with Crippen molar-refractivity contribution in [1.82, 2.24) is 9.71 Å². The van der Waals surface area contributed by atoms with E-state index < -0.39 is 10.0 Å². The molecule has 2 N–H and O–H groups in total. The Kier molecular flexibility index (Phi) is 5.33. The molecule has 0 atom stereocenters. The van der Waals surface area contributed by atoms with Crippen LogP contribution in [0, 0.1) is 5.92 Å². The summed E-state index contributed by atoms with van der Waals surface area (Å²) in [6.45, 7) is 4.53. The van der Waals surface area contributed by atoms with E-state index in [0.29, 0.717) is 38.0 Å². The summed E-state index contributed by atoms with van der Waals surface area (Å²) in [6, 6.07) is 3.06. The van der Waals surface area contributed by atoms with E-state index >= 15 is 0 Å². The summed E-state index contributed by atoms with van der Waals surface area (Å²) in [6.07, 6.45) is 3.31. The zero-order valence-corrected chi connectivity index (χ0v) is 12.4. The van der Waals surface area contributed by atoms with Gasteiger partial charge in [-0.05, 0) is 31.7 Å². The fourth-order valence-electron chi connectivity index (χ4n) is 2.12. The topological polar surface area (TPSA) is 80.3 Å². The highest BCUT2D eigenvalue weighted by molar-refractivity contribution is 7.89. The third-order valence-corrected chi connectivity index (χ3v) is 4.72. The van der Waals surface area contributed by atoms with Gasteiger partial charge in [0.05, 0.1) is 4.90 Å². The van der Waals surface area contributed by atoms with Gasteiger partial charge in [-0.1, -0.05) is 0 Å². The minimum absolute atomic E-state index is 0.246. The Labute approximate surface area is 120 Å². The summed E-state index contributed by atoms with van der Waals surface area (Å²) in [4.78, 5) is 4.32. The van der Waals surface area contributed by atoms with Gasteiger partial charge >= 0.3 is 0 Å². The standard InChI is InChI=1S/C13H21N3O3S/c1-2-14-13-9-12(3-6-15-13)20(17,18)16-10-11-4-7-19-8-5-11/h3,6,9,11,16H,2,4-5,7-8,10H2,1H3,(H,14,15). The van der Waals surface area contributed by atoms with Crippen LogP contribution in [0.25, 0.3) is 0 Å². The third-order valence-electron chi connectivity index (χ3n) is 3.30. The summed E-state index contributed by atoms with van der Waals surface area (Å²) >= 11 is 0. The molecule has 1 fully saturated rings. The number of anilines is 1. The fourth-order valence-corrected chi connectivity index (χ4v) is 3.25. The van der Waals surface area contributed by atoms with Crippen LogP contribution in [-0.2, 0) is 14.8 Å². The number of pyridine rings is 1. The van der Waals surface area contributed by atoms with Gasteiger partial charge in [0, 0.05) is 38.6 Å². The molecule has 20 heavy (non-hydrogen) atoms. The average Bonchev–Trinajstić information content (AvgIpc) is 2.47. The Bertz CT molecular complexity index is 527. The number of hydrogen-bond donors (Lipinski definition) is 2. The molecule has 1 aromatic rings. The highest BCUT2D eigenvalue weighted by Crippen LogP contribution is 2.16. The van der Waals surface area contributed by atoms with Crippen LogP contribution >= 0.6 is 0 Å². The largest absolute Gasteiger partial charge is 0.381 e. The predicted octanol–water partition coefficient (Wildman–Crippen LogP) is 1.22. The SMILES string of the molecule is CCNc1cc(S(=O)(=O)NCC2CCOCC2)ccn1. The van der Waals surface area contributed by atoms with Crippen molar-refractivity contribution in [1.29, 1.82) is 0 Å². The lowest BCUT2D eigenvalue weighted by Gasteiger charge is -2.22. The summed E-state index contributed by atoms with van der Waals surface area (Å²) in [5.74, 6) is 0.926. The molecule has 7 heteroatoms. The van der Waals surface area contributed by atoms with Gasteiger partial charge in [0.1, 0.15) is 5.82 Å². The van der Waals surface area contributed by atoms with E-state index in [1.807, 2.05) is 6.92 Å². The number of aromatic nitrogens is 1. The van der Waals surface area contributed by atoms with E-state index in [4.69, 9.17) is 4.74 Å². The van der Waals surface area contributed by atoms with Gasteiger partial charge in [0.2, 0.25) is 10.0 Å². The Morgan fingerprint density at radius 3 is 2.85 bits per heavy atom. The van der Waals surface area contributed by atoms with E-state index in [-0.39, 0.29) is 4.90 Å². The van der Waals surface area contributed by atoms with Crippen LogP contribution in [0.3, 0.4) is 0 Å². The monoisotopic (exact) mass is 299 g/mol. The van der Waals surface area contributed by atoms with Gasteiger partial charge in [-0.15, -0.1) is 0 Å². The Morgan fingerprint density at radius 1 is 1.40 bits per heavy atom. The van der Waals surface area contributed by atoms with Gasteiger partial charge in [0.25, 0.3) is 0 Å². The van der Waals surface area contributed by atoms with Crippen molar-refractivity contribution in [3.63, 3.8) is 0 Å². The van der Waals surface area contributed by atoms with Gasteiger partial charge < -0.3 is 10.1 Å². The second-order valence-corrected chi connectivity index (χ2v) is 6.58. The fraction of sp³-hybridized carbons (Fsp3) is 0.615. The van der Waals surface area contributed by atoms with Crippen LogP contribution < -0.4 is 10.0 Å². The van der Waals surface area contributed by atoms with Gasteiger partial charge in [-0.2, -0.15) is 0 Å². The maximum Gasteiger partial charge on any atom is 0.240 e. The molecule has 1 saturated heterocycles. The summed E-state index contributed by atoms with van der Waals surface area (Å²) in [5, 5.41) is 3.01. The molecule has 2 rings (SSSR count). The molecule has 0 aromatic carbocycles. The lowest BCUT2D eigenvalue weighted by molar-refractivity contribution is 0.0678. The van der Waals surface area contributed by atoms with E-state index in [9.17, 15) is 8.42 Å². The van der Waals surface area contributed by atoms with Crippen LogP contribution in [0.5, 0.6) is 0 Å². The minimum atomic E-state index is -3.47. The maximum atomic E-state index is 12.2. The molecule has 112 valence electrons. The molecule has 0 bridgehead atoms. The van der Waals surface area contributed by atoms with Crippen molar-refractivity contribution in [2.24, 2.45) is 5.92 Å². The van der Waals surface area contributed by atoms with Crippen molar-refractivity contribution in [2.45, 2.75) is 24.7 Å². The highest BCUT2D eigenvalue weighted by Gasteiger charge is 2.19. The molecule has 1 aromatic heterocycles. The normalized spacial score (nSPS) is 17.1. The molecular formula is C13H21N3O3S. The van der Waals surface area contributed by atoms with Gasteiger partial charge in [-0.3, -0.25) is 0 Å². The summed E-state index contributed by atoms with van der Waals surface area (Å²) in [7, 11) is -3.47. The first kappa shape index (κ1) is 15.2. The van der Waals surface area contributed by atoms with Crippen molar-refractivity contribution >= 4 is 15.8 Å². The number of ether oxygens (including phenoxy) is 1. The second-order valence-electron chi connectivity index (χ2n) is 4.81. The smallest absolute Gasteiger partial charge is 0.240 e. The number of sulfonamides is 1. The third kappa shape index (κ3) is 4.16. The van der Waals surface area contributed by atoms with Crippen molar-refractivity contribution < 1.29 is 13.2 Å². The number of rotatable bonds is 6. The maximum absolute atomic E-state index is 12.2. The average molecular weight is 299 g/mol. The Morgan fingerprint density at radius 2 is 2.15 bits per heavy atom.